The molecular formula is C15H18N4O3S. The Kier molecular flexibility index (Phi) is 4.65. The molecule has 0 fully saturated rings. The Morgan fingerprint density at radius 1 is 1.09 bits per heavy atom. The number of aryl methyl sites for hydroxylation is 2. The summed E-state index contributed by atoms with van der Waals surface area (Å²) in [6.45, 7) is 3.51. The van der Waals surface area contributed by atoms with Gasteiger partial charge in [-0.05, 0) is 31.5 Å². The van der Waals surface area contributed by atoms with E-state index in [4.69, 9.17) is 0 Å². The number of nitrogens with zero attached hydrogens (tertiary/aromatic N) is 2. The van der Waals surface area contributed by atoms with Crippen molar-refractivity contribution in [3.63, 3.8) is 0 Å². The minimum absolute atomic E-state index is 0.0909. The number of hydrogen-bond acceptors (Lipinski definition) is 6. The maximum atomic E-state index is 12.5. The number of sulfone groups is 1. The van der Waals surface area contributed by atoms with E-state index in [-0.39, 0.29) is 10.6 Å². The molecule has 2 aromatic rings. The first kappa shape index (κ1) is 16.9. The molecule has 2 N–H and O–H groups in total. The van der Waals surface area contributed by atoms with Crippen molar-refractivity contribution in [3.05, 3.63) is 41.5 Å². The quantitative estimate of drug-likeness (QED) is 0.884. The van der Waals surface area contributed by atoms with E-state index in [1.165, 1.54) is 12.3 Å². The zero-order valence-corrected chi connectivity index (χ0v) is 14.2. The third-order valence-corrected chi connectivity index (χ3v) is 4.27. The highest BCUT2D eigenvalue weighted by Gasteiger charge is 2.21. The SMILES string of the molecule is CNc1cnc(C)cc1NC(=O)c1ncc(C)cc1S(C)(=O)=O. The van der Waals surface area contributed by atoms with Gasteiger partial charge in [-0.25, -0.2) is 13.4 Å². The summed E-state index contributed by atoms with van der Waals surface area (Å²) in [5.41, 5.74) is 2.38. The smallest absolute Gasteiger partial charge is 0.275 e. The van der Waals surface area contributed by atoms with Crippen LogP contribution in [0.25, 0.3) is 0 Å². The Labute approximate surface area is 135 Å². The first-order valence-corrected chi connectivity index (χ1v) is 8.74. The van der Waals surface area contributed by atoms with Crippen LogP contribution in [-0.4, -0.2) is 37.6 Å². The number of hydrogen-bond donors (Lipinski definition) is 2. The molecule has 0 aromatic carbocycles. The lowest BCUT2D eigenvalue weighted by molar-refractivity contribution is 0.101. The van der Waals surface area contributed by atoms with Crippen molar-refractivity contribution < 1.29 is 13.2 Å². The monoisotopic (exact) mass is 334 g/mol. The van der Waals surface area contributed by atoms with Gasteiger partial charge in [0.15, 0.2) is 9.84 Å². The van der Waals surface area contributed by atoms with Gasteiger partial charge in [0.25, 0.3) is 5.91 Å². The molecular weight excluding hydrogens is 316 g/mol. The Hall–Kier alpha value is -2.48. The van der Waals surface area contributed by atoms with E-state index in [1.54, 1.807) is 33.2 Å². The number of aromatic nitrogens is 2. The fourth-order valence-corrected chi connectivity index (χ4v) is 2.94. The third-order valence-electron chi connectivity index (χ3n) is 3.16. The van der Waals surface area contributed by atoms with Crippen LogP contribution in [0, 0.1) is 13.8 Å². The largest absolute Gasteiger partial charge is 0.385 e. The van der Waals surface area contributed by atoms with E-state index < -0.39 is 15.7 Å². The maximum absolute atomic E-state index is 12.5. The van der Waals surface area contributed by atoms with Crippen LogP contribution in [0.4, 0.5) is 11.4 Å². The predicted octanol–water partition coefficient (Wildman–Crippen LogP) is 1.79. The molecule has 2 aromatic heterocycles. The molecule has 0 spiro atoms. The van der Waals surface area contributed by atoms with Crippen LogP contribution in [0.3, 0.4) is 0 Å². The van der Waals surface area contributed by atoms with E-state index in [2.05, 4.69) is 20.6 Å². The van der Waals surface area contributed by atoms with Crippen LogP contribution in [0.2, 0.25) is 0 Å². The van der Waals surface area contributed by atoms with Crippen LogP contribution in [-0.2, 0) is 9.84 Å². The van der Waals surface area contributed by atoms with Gasteiger partial charge in [-0.3, -0.25) is 9.78 Å². The summed E-state index contributed by atoms with van der Waals surface area (Å²) >= 11 is 0. The highest BCUT2D eigenvalue weighted by atomic mass is 32.2. The molecule has 0 unspecified atom stereocenters. The third kappa shape index (κ3) is 3.84. The topological polar surface area (TPSA) is 101 Å². The normalized spacial score (nSPS) is 11.1. The first-order chi connectivity index (χ1) is 10.7. The average molecular weight is 334 g/mol. The molecule has 0 radical (unpaired) electrons. The second-order valence-corrected chi connectivity index (χ2v) is 7.19. The van der Waals surface area contributed by atoms with Crippen LogP contribution in [0.1, 0.15) is 21.7 Å². The van der Waals surface area contributed by atoms with Crippen molar-refractivity contribution in [2.75, 3.05) is 23.9 Å². The second kappa shape index (κ2) is 6.33. The molecule has 0 aliphatic rings. The number of carbonyl (C=O) groups excluding carboxylic acids is 1. The van der Waals surface area contributed by atoms with Crippen LogP contribution in [0.5, 0.6) is 0 Å². The minimum atomic E-state index is -3.57. The maximum Gasteiger partial charge on any atom is 0.275 e. The highest BCUT2D eigenvalue weighted by molar-refractivity contribution is 7.90. The van der Waals surface area contributed by atoms with Crippen LogP contribution in [0.15, 0.2) is 29.4 Å². The molecule has 7 nitrogen and oxygen atoms in total. The number of anilines is 2. The number of nitrogens with one attached hydrogen (secondary N) is 2. The molecule has 8 heteroatoms. The molecule has 2 rings (SSSR count). The summed E-state index contributed by atoms with van der Waals surface area (Å²) in [4.78, 5) is 20.5. The van der Waals surface area contributed by atoms with E-state index in [1.807, 2.05) is 0 Å². The minimum Gasteiger partial charge on any atom is -0.385 e. The highest BCUT2D eigenvalue weighted by Crippen LogP contribution is 2.23. The van der Waals surface area contributed by atoms with Gasteiger partial charge in [0, 0.05) is 25.2 Å². The second-order valence-electron chi connectivity index (χ2n) is 5.21. The van der Waals surface area contributed by atoms with E-state index in [9.17, 15) is 13.2 Å². The van der Waals surface area contributed by atoms with Gasteiger partial charge in [0.05, 0.1) is 22.5 Å². The van der Waals surface area contributed by atoms with Gasteiger partial charge >= 0.3 is 0 Å². The zero-order chi connectivity index (χ0) is 17.2. The lowest BCUT2D eigenvalue weighted by atomic mass is 10.2. The van der Waals surface area contributed by atoms with Crippen molar-refractivity contribution in [1.82, 2.24) is 9.97 Å². The standard InChI is InChI=1S/C15H18N4O3S/c1-9-5-13(23(4,21)22)14(18-7-9)15(20)19-11-6-10(2)17-8-12(11)16-3/h5-8,16H,1-4H3,(H,17,19,20). The predicted molar refractivity (Wildman–Crippen MR) is 88.6 cm³/mol. The van der Waals surface area contributed by atoms with Gasteiger partial charge in [-0.1, -0.05) is 0 Å². The van der Waals surface area contributed by atoms with Crippen LogP contribution >= 0.6 is 0 Å². The molecule has 122 valence electrons. The molecule has 0 saturated heterocycles. The number of carbonyl (C=O) groups is 1. The molecule has 0 aliphatic heterocycles. The number of amides is 1. The Morgan fingerprint density at radius 2 is 1.78 bits per heavy atom. The molecule has 0 saturated carbocycles. The van der Waals surface area contributed by atoms with Crippen molar-refractivity contribution in [3.8, 4) is 0 Å². The number of pyridine rings is 2. The molecule has 0 bridgehead atoms. The van der Waals surface area contributed by atoms with Gasteiger partial charge < -0.3 is 10.6 Å². The van der Waals surface area contributed by atoms with Gasteiger partial charge in [-0.2, -0.15) is 0 Å². The molecule has 1 amide bonds. The summed E-state index contributed by atoms with van der Waals surface area (Å²) in [5, 5.41) is 5.60. The van der Waals surface area contributed by atoms with Crippen molar-refractivity contribution in [1.29, 1.82) is 0 Å². The average Bonchev–Trinajstić information content (AvgIpc) is 2.46. The lowest BCUT2D eigenvalue weighted by Gasteiger charge is -2.12. The van der Waals surface area contributed by atoms with Crippen molar-refractivity contribution >= 4 is 27.1 Å². The van der Waals surface area contributed by atoms with Gasteiger partial charge in [0.1, 0.15) is 5.69 Å². The molecule has 23 heavy (non-hydrogen) atoms. The number of rotatable bonds is 4. The van der Waals surface area contributed by atoms with Crippen LogP contribution < -0.4 is 10.6 Å². The summed E-state index contributed by atoms with van der Waals surface area (Å²) in [6, 6.07) is 3.13. The molecule has 0 atom stereocenters. The Bertz CT molecular complexity index is 863. The molecule has 0 aliphatic carbocycles. The van der Waals surface area contributed by atoms with E-state index >= 15 is 0 Å². The van der Waals surface area contributed by atoms with E-state index in [0.29, 0.717) is 16.9 Å². The van der Waals surface area contributed by atoms with E-state index in [0.717, 1.165) is 11.9 Å². The summed E-state index contributed by atoms with van der Waals surface area (Å²) in [7, 11) is -1.87. The molecule has 2 heterocycles. The fourth-order valence-electron chi connectivity index (χ4n) is 2.04. The summed E-state index contributed by atoms with van der Waals surface area (Å²) < 4.78 is 23.8. The first-order valence-electron chi connectivity index (χ1n) is 6.85. The van der Waals surface area contributed by atoms with Crippen molar-refractivity contribution in [2.24, 2.45) is 0 Å². The van der Waals surface area contributed by atoms with Crippen molar-refractivity contribution in [2.45, 2.75) is 18.7 Å². The summed E-state index contributed by atoms with van der Waals surface area (Å²) in [5.74, 6) is -0.590. The van der Waals surface area contributed by atoms with Gasteiger partial charge in [0.2, 0.25) is 0 Å². The summed E-state index contributed by atoms with van der Waals surface area (Å²) in [6.07, 6.45) is 4.10. The van der Waals surface area contributed by atoms with Gasteiger partial charge in [-0.15, -0.1) is 0 Å². The zero-order valence-electron chi connectivity index (χ0n) is 13.3. The lowest BCUT2D eigenvalue weighted by Crippen LogP contribution is -2.19. The Balaban J connectivity index is 2.45. The fraction of sp³-hybridized carbons (Fsp3) is 0.267. The Morgan fingerprint density at radius 3 is 2.39 bits per heavy atom.